The van der Waals surface area contributed by atoms with Crippen LogP contribution < -0.4 is 14.2 Å². The van der Waals surface area contributed by atoms with Crippen molar-refractivity contribution in [1.82, 2.24) is 0 Å². The molecule has 0 amide bonds. The van der Waals surface area contributed by atoms with Crippen LogP contribution in [-0.2, 0) is 0 Å². The Hall–Kier alpha value is -4.19. The van der Waals surface area contributed by atoms with Gasteiger partial charge in [-0.3, -0.25) is 0 Å². The van der Waals surface area contributed by atoms with Crippen molar-refractivity contribution in [1.29, 1.82) is 0 Å². The number of aromatic nitrogens is 3. The highest BCUT2D eigenvalue weighted by atomic mass is 16.5. The standard InChI is InChI=1S/C23H17N3O3/c27-24-12-6-19(7-13-24)22(18-4-2-1-3-5-18)23(20-8-14-25(28)15-9-20)21-10-16-26(29)17-11-21/h1-17H. The lowest BCUT2D eigenvalue weighted by molar-refractivity contribution is -0.605. The number of pyridine rings is 3. The number of hydrogen-bond acceptors (Lipinski definition) is 3. The molecule has 3 aromatic heterocycles. The van der Waals surface area contributed by atoms with Crippen molar-refractivity contribution in [2.75, 3.05) is 0 Å². The molecule has 0 fully saturated rings. The second-order valence-electron chi connectivity index (χ2n) is 6.46. The number of rotatable bonds is 4. The zero-order valence-electron chi connectivity index (χ0n) is 15.4. The van der Waals surface area contributed by atoms with Gasteiger partial charge in [-0.1, -0.05) is 30.3 Å². The molecule has 0 aliphatic carbocycles. The van der Waals surface area contributed by atoms with Crippen molar-refractivity contribution in [3.8, 4) is 0 Å². The number of hydrogen-bond donors (Lipinski definition) is 0. The van der Waals surface area contributed by atoms with Gasteiger partial charge in [-0.25, -0.2) is 0 Å². The van der Waals surface area contributed by atoms with E-state index in [-0.39, 0.29) is 0 Å². The molecular formula is C23H17N3O3. The van der Waals surface area contributed by atoms with Crippen LogP contribution in [0.3, 0.4) is 0 Å². The first kappa shape index (κ1) is 18.2. The first-order valence-electron chi connectivity index (χ1n) is 8.99. The van der Waals surface area contributed by atoms with Gasteiger partial charge in [-0.15, -0.1) is 0 Å². The van der Waals surface area contributed by atoms with E-state index in [1.54, 1.807) is 36.4 Å². The van der Waals surface area contributed by atoms with E-state index in [1.165, 1.54) is 37.2 Å². The van der Waals surface area contributed by atoms with Crippen LogP contribution in [0.25, 0.3) is 11.1 Å². The van der Waals surface area contributed by atoms with Gasteiger partial charge in [0.2, 0.25) is 0 Å². The highest BCUT2D eigenvalue weighted by Crippen LogP contribution is 2.35. The molecule has 0 bridgehead atoms. The third-order valence-corrected chi connectivity index (χ3v) is 4.58. The Bertz CT molecular complexity index is 1090. The van der Waals surface area contributed by atoms with E-state index >= 15 is 0 Å². The fraction of sp³-hybridized carbons (Fsp3) is 0. The lowest BCUT2D eigenvalue weighted by atomic mass is 9.87. The summed E-state index contributed by atoms with van der Waals surface area (Å²) in [4.78, 5) is 0. The highest BCUT2D eigenvalue weighted by molar-refractivity contribution is 6.04. The zero-order valence-corrected chi connectivity index (χ0v) is 15.4. The van der Waals surface area contributed by atoms with Crippen LogP contribution in [-0.4, -0.2) is 0 Å². The molecule has 0 unspecified atom stereocenters. The van der Waals surface area contributed by atoms with Crippen molar-refractivity contribution in [2.45, 2.75) is 0 Å². The summed E-state index contributed by atoms with van der Waals surface area (Å²) in [5.41, 5.74) is 5.16. The summed E-state index contributed by atoms with van der Waals surface area (Å²) in [6, 6.07) is 20.2. The maximum Gasteiger partial charge on any atom is 0.180 e. The lowest BCUT2D eigenvalue weighted by Gasteiger charge is -2.17. The Labute approximate surface area is 167 Å². The molecule has 6 heteroatoms. The van der Waals surface area contributed by atoms with E-state index in [0.717, 1.165) is 47.6 Å². The SMILES string of the molecule is [O-][n+]1ccc(C(=C(c2cc[n+]([O-])cc2)c2cc[n+]([O-])cc2)c2ccccc2)cc1. The molecule has 4 aromatic rings. The van der Waals surface area contributed by atoms with E-state index in [4.69, 9.17) is 0 Å². The van der Waals surface area contributed by atoms with Gasteiger partial charge in [-0.2, -0.15) is 14.2 Å². The number of benzene rings is 1. The summed E-state index contributed by atoms with van der Waals surface area (Å²) in [6.45, 7) is 0. The van der Waals surface area contributed by atoms with E-state index in [2.05, 4.69) is 0 Å². The van der Waals surface area contributed by atoms with Crippen molar-refractivity contribution in [3.05, 3.63) is 142 Å². The minimum absolute atomic E-state index is 0.725. The molecule has 0 aliphatic rings. The first-order valence-corrected chi connectivity index (χ1v) is 8.99. The van der Waals surface area contributed by atoms with Crippen molar-refractivity contribution >= 4 is 11.1 Å². The average molecular weight is 383 g/mol. The van der Waals surface area contributed by atoms with Crippen LogP contribution in [0.4, 0.5) is 0 Å². The van der Waals surface area contributed by atoms with Crippen molar-refractivity contribution < 1.29 is 14.2 Å². The first-order chi connectivity index (χ1) is 14.1. The molecule has 0 atom stereocenters. The molecule has 0 aliphatic heterocycles. The summed E-state index contributed by atoms with van der Waals surface area (Å²) in [6.07, 6.45) is 8.64. The normalized spacial score (nSPS) is 10.5. The second-order valence-corrected chi connectivity index (χ2v) is 6.46. The largest absolute Gasteiger partial charge is 0.619 e. The van der Waals surface area contributed by atoms with Gasteiger partial charge in [-0.05, 0) is 33.4 Å². The summed E-state index contributed by atoms with van der Waals surface area (Å²) in [5.74, 6) is 0. The smallest absolute Gasteiger partial charge is 0.180 e. The minimum Gasteiger partial charge on any atom is -0.619 e. The van der Waals surface area contributed by atoms with Crippen LogP contribution in [0, 0.1) is 15.6 Å². The Kier molecular flexibility index (Phi) is 4.90. The van der Waals surface area contributed by atoms with Gasteiger partial charge in [0.05, 0.1) is 0 Å². The van der Waals surface area contributed by atoms with E-state index in [0.29, 0.717) is 0 Å². The van der Waals surface area contributed by atoms with Gasteiger partial charge in [0, 0.05) is 36.4 Å². The predicted octanol–water partition coefficient (Wildman–Crippen LogP) is 2.59. The van der Waals surface area contributed by atoms with Crippen LogP contribution in [0.5, 0.6) is 0 Å². The highest BCUT2D eigenvalue weighted by Gasteiger charge is 2.18. The van der Waals surface area contributed by atoms with Crippen LogP contribution >= 0.6 is 0 Å². The van der Waals surface area contributed by atoms with E-state index < -0.39 is 0 Å². The van der Waals surface area contributed by atoms with Crippen molar-refractivity contribution in [2.24, 2.45) is 0 Å². The van der Waals surface area contributed by atoms with E-state index in [1.807, 2.05) is 30.3 Å². The van der Waals surface area contributed by atoms with Gasteiger partial charge in [0.15, 0.2) is 37.2 Å². The van der Waals surface area contributed by atoms with Crippen LogP contribution in [0.15, 0.2) is 104 Å². The van der Waals surface area contributed by atoms with E-state index in [9.17, 15) is 15.6 Å². The molecule has 0 saturated carbocycles. The Morgan fingerprint density at radius 3 is 1.00 bits per heavy atom. The summed E-state index contributed by atoms with van der Waals surface area (Å²) < 4.78 is 2.18. The van der Waals surface area contributed by atoms with Gasteiger partial charge in [0.1, 0.15) is 0 Å². The Balaban J connectivity index is 2.08. The quantitative estimate of drug-likeness (QED) is 0.401. The summed E-state index contributed by atoms with van der Waals surface area (Å²) in [5, 5.41) is 34.8. The Morgan fingerprint density at radius 1 is 0.414 bits per heavy atom. The summed E-state index contributed by atoms with van der Waals surface area (Å²) in [7, 11) is 0. The lowest BCUT2D eigenvalue weighted by Crippen LogP contribution is -2.24. The summed E-state index contributed by atoms with van der Waals surface area (Å²) >= 11 is 0. The van der Waals surface area contributed by atoms with Gasteiger partial charge < -0.3 is 15.6 Å². The maximum absolute atomic E-state index is 11.6. The molecule has 4 rings (SSSR count). The topological polar surface area (TPSA) is 80.8 Å². The van der Waals surface area contributed by atoms with Gasteiger partial charge in [0.25, 0.3) is 0 Å². The van der Waals surface area contributed by atoms with Crippen LogP contribution in [0.1, 0.15) is 22.3 Å². The van der Waals surface area contributed by atoms with Crippen LogP contribution in [0.2, 0.25) is 0 Å². The fourth-order valence-electron chi connectivity index (χ4n) is 3.25. The molecular weight excluding hydrogens is 366 g/mol. The fourth-order valence-corrected chi connectivity index (χ4v) is 3.25. The molecule has 0 spiro atoms. The molecule has 0 saturated heterocycles. The predicted molar refractivity (Wildman–Crippen MR) is 108 cm³/mol. The Morgan fingerprint density at radius 2 is 0.690 bits per heavy atom. The maximum atomic E-state index is 11.6. The zero-order chi connectivity index (χ0) is 20.2. The monoisotopic (exact) mass is 383 g/mol. The average Bonchev–Trinajstić information content (AvgIpc) is 2.75. The third kappa shape index (κ3) is 3.91. The molecule has 0 N–H and O–H groups in total. The third-order valence-electron chi connectivity index (χ3n) is 4.58. The molecule has 6 nitrogen and oxygen atoms in total. The van der Waals surface area contributed by atoms with Gasteiger partial charge >= 0.3 is 0 Å². The molecule has 0 radical (unpaired) electrons. The number of nitrogens with zero attached hydrogens (tertiary/aromatic N) is 3. The molecule has 29 heavy (non-hydrogen) atoms. The molecule has 142 valence electrons. The minimum atomic E-state index is 0.725. The van der Waals surface area contributed by atoms with Crippen molar-refractivity contribution in [3.63, 3.8) is 0 Å². The molecule has 1 aromatic carbocycles. The molecule has 3 heterocycles. The second kappa shape index (κ2) is 7.82.